The normalized spacial score (nSPS) is 20.1. The van der Waals surface area contributed by atoms with Crippen LogP contribution in [-0.2, 0) is 15.1 Å². The fraction of sp³-hybridized carbons (Fsp3) is 0.522. The number of fused-ring (bicyclic) bond motifs is 1. The third kappa shape index (κ3) is 4.17. The summed E-state index contributed by atoms with van der Waals surface area (Å²) in [7, 11) is 1.91. The number of carbonyl (C=O) groups is 3. The lowest BCUT2D eigenvalue weighted by atomic mass is 9.97. The summed E-state index contributed by atoms with van der Waals surface area (Å²) >= 11 is 0. The molecular formula is C23H30N4O5. The van der Waals surface area contributed by atoms with Gasteiger partial charge in [-0.2, -0.15) is 0 Å². The molecular weight excluding hydrogens is 412 g/mol. The van der Waals surface area contributed by atoms with Gasteiger partial charge in [-0.3, -0.25) is 4.79 Å². The van der Waals surface area contributed by atoms with Crippen LogP contribution in [0.4, 0.5) is 4.79 Å². The summed E-state index contributed by atoms with van der Waals surface area (Å²) in [6, 6.07) is 6.82. The summed E-state index contributed by atoms with van der Waals surface area (Å²) in [4.78, 5) is 39.2. The van der Waals surface area contributed by atoms with E-state index in [-0.39, 0.29) is 11.5 Å². The maximum atomic E-state index is 13.4. The molecule has 0 radical (unpaired) electrons. The minimum atomic E-state index is -1.00. The highest BCUT2D eigenvalue weighted by Gasteiger charge is 2.49. The van der Waals surface area contributed by atoms with Crippen molar-refractivity contribution in [2.45, 2.75) is 44.8 Å². The smallest absolute Gasteiger partial charge is 0.410 e. The minimum absolute atomic E-state index is 0.210. The third-order valence-corrected chi connectivity index (χ3v) is 6.08. The van der Waals surface area contributed by atoms with Gasteiger partial charge in [0.15, 0.2) is 0 Å². The summed E-state index contributed by atoms with van der Waals surface area (Å²) in [6.07, 6.45) is 0.984. The molecule has 1 aromatic rings. The minimum Gasteiger partial charge on any atom is -0.478 e. The van der Waals surface area contributed by atoms with Gasteiger partial charge in [0.05, 0.1) is 42.0 Å². The van der Waals surface area contributed by atoms with Crippen LogP contribution in [0, 0.1) is 0 Å². The van der Waals surface area contributed by atoms with E-state index >= 15 is 0 Å². The zero-order valence-corrected chi connectivity index (χ0v) is 19.0. The van der Waals surface area contributed by atoms with Crippen LogP contribution >= 0.6 is 0 Å². The lowest BCUT2D eigenvalue weighted by molar-refractivity contribution is -0.118. The lowest BCUT2D eigenvalue weighted by Gasteiger charge is -2.38. The Morgan fingerprint density at radius 3 is 2.41 bits per heavy atom. The fourth-order valence-corrected chi connectivity index (χ4v) is 4.38. The zero-order chi connectivity index (χ0) is 23.3. The number of carboxylic acids is 1. The Kier molecular flexibility index (Phi) is 5.40. The number of hydrogen-bond acceptors (Lipinski definition) is 6. The predicted molar refractivity (Wildman–Crippen MR) is 117 cm³/mol. The Morgan fingerprint density at radius 1 is 1.09 bits per heavy atom. The molecule has 2 aliphatic heterocycles. The van der Waals surface area contributed by atoms with Crippen LogP contribution in [0.25, 0.3) is 0 Å². The molecule has 2 heterocycles. The molecule has 0 aromatic heterocycles. The second kappa shape index (κ2) is 7.81. The van der Waals surface area contributed by atoms with Crippen molar-refractivity contribution < 1.29 is 24.2 Å². The highest BCUT2D eigenvalue weighted by Crippen LogP contribution is 2.47. The molecule has 9 heteroatoms. The van der Waals surface area contributed by atoms with E-state index in [9.17, 15) is 19.5 Å². The molecule has 172 valence electrons. The van der Waals surface area contributed by atoms with Crippen LogP contribution in [0.15, 0.2) is 35.5 Å². The second-order valence-electron chi connectivity index (χ2n) is 9.65. The highest BCUT2D eigenvalue weighted by molar-refractivity contribution is 5.97. The summed E-state index contributed by atoms with van der Waals surface area (Å²) in [5.74, 6) is -1.23. The topological polar surface area (TPSA) is 102 Å². The van der Waals surface area contributed by atoms with Crippen molar-refractivity contribution in [3.8, 4) is 0 Å². The van der Waals surface area contributed by atoms with Crippen LogP contribution in [0.1, 0.15) is 49.5 Å². The van der Waals surface area contributed by atoms with E-state index in [0.717, 1.165) is 5.70 Å². The molecule has 2 N–H and O–H groups in total. The quantitative estimate of drug-likeness (QED) is 0.737. The van der Waals surface area contributed by atoms with E-state index in [2.05, 4.69) is 5.32 Å². The van der Waals surface area contributed by atoms with Gasteiger partial charge in [0.1, 0.15) is 5.60 Å². The first-order valence-corrected chi connectivity index (χ1v) is 10.8. The molecule has 1 saturated carbocycles. The van der Waals surface area contributed by atoms with Crippen molar-refractivity contribution in [3.63, 3.8) is 0 Å². The molecule has 0 spiro atoms. The highest BCUT2D eigenvalue weighted by atomic mass is 16.6. The van der Waals surface area contributed by atoms with Crippen LogP contribution in [0.2, 0.25) is 0 Å². The van der Waals surface area contributed by atoms with Crippen LogP contribution < -0.4 is 5.32 Å². The molecule has 0 bridgehead atoms. The van der Waals surface area contributed by atoms with Gasteiger partial charge in [-0.25, -0.2) is 14.6 Å². The Morgan fingerprint density at radius 2 is 1.78 bits per heavy atom. The number of hydrazine groups is 1. The van der Waals surface area contributed by atoms with Gasteiger partial charge >= 0.3 is 12.1 Å². The van der Waals surface area contributed by atoms with Crippen molar-refractivity contribution in [2.24, 2.45) is 0 Å². The van der Waals surface area contributed by atoms with Gasteiger partial charge in [-0.05, 0) is 45.2 Å². The second-order valence-corrected chi connectivity index (χ2v) is 9.65. The lowest BCUT2D eigenvalue weighted by Crippen LogP contribution is -2.50. The number of piperazine rings is 1. The number of aromatic carboxylic acids is 1. The molecule has 1 saturated heterocycles. The van der Waals surface area contributed by atoms with E-state index in [1.807, 2.05) is 37.8 Å². The number of likely N-dealkylation sites (N-methyl/N-ethyl adjacent to an activating group) is 1. The third-order valence-electron chi connectivity index (χ3n) is 6.08. The van der Waals surface area contributed by atoms with E-state index in [0.29, 0.717) is 50.2 Å². The Hall–Kier alpha value is -3.07. The van der Waals surface area contributed by atoms with Gasteiger partial charge < -0.3 is 25.1 Å². The first kappa shape index (κ1) is 22.1. The van der Waals surface area contributed by atoms with Gasteiger partial charge in [-0.1, -0.05) is 18.2 Å². The SMILES string of the molecule is CN1CC(C(=O)NC2(c3ccccc3C(=O)O)CC2)=C2CN(C(=O)OC(C)(C)C)CCN21. The standard InChI is InChI=1S/C23H30N4O5/c1-22(2,3)32-21(31)26-11-12-27-18(14-26)16(13-25(27)4)19(28)24-23(9-10-23)17-8-6-5-7-15(17)20(29)30/h5-8H,9-14H2,1-4H3,(H,24,28)(H,29,30). The maximum Gasteiger partial charge on any atom is 0.410 e. The van der Waals surface area contributed by atoms with E-state index in [1.54, 1.807) is 29.2 Å². The number of ether oxygens (including phenoxy) is 1. The van der Waals surface area contributed by atoms with Gasteiger partial charge in [0.25, 0.3) is 5.91 Å². The first-order valence-electron chi connectivity index (χ1n) is 10.8. The summed E-state index contributed by atoms with van der Waals surface area (Å²) in [5.41, 5.74) is 0.968. The molecule has 32 heavy (non-hydrogen) atoms. The molecule has 1 aromatic carbocycles. The monoisotopic (exact) mass is 442 g/mol. The molecule has 4 rings (SSSR count). The largest absolute Gasteiger partial charge is 0.478 e. The van der Waals surface area contributed by atoms with E-state index in [4.69, 9.17) is 4.74 Å². The average Bonchev–Trinajstić information content (AvgIpc) is 3.42. The van der Waals surface area contributed by atoms with Gasteiger partial charge in [0, 0.05) is 13.6 Å². The number of rotatable bonds is 4. The first-order chi connectivity index (χ1) is 15.0. The average molecular weight is 443 g/mol. The van der Waals surface area contributed by atoms with E-state index in [1.165, 1.54) is 0 Å². The van der Waals surface area contributed by atoms with Crippen LogP contribution in [0.5, 0.6) is 0 Å². The van der Waals surface area contributed by atoms with E-state index < -0.39 is 23.2 Å². The molecule has 2 fully saturated rings. The summed E-state index contributed by atoms with van der Waals surface area (Å²) < 4.78 is 5.51. The molecule has 0 atom stereocenters. The molecule has 1 aliphatic carbocycles. The van der Waals surface area contributed by atoms with Crippen molar-refractivity contribution in [3.05, 3.63) is 46.7 Å². The number of benzene rings is 1. The van der Waals surface area contributed by atoms with Crippen molar-refractivity contribution in [1.82, 2.24) is 20.2 Å². The number of carboxylic acid groups (broad SMARTS) is 1. The van der Waals surface area contributed by atoms with Crippen molar-refractivity contribution in [1.29, 1.82) is 0 Å². The number of nitrogens with zero attached hydrogens (tertiary/aromatic N) is 3. The molecule has 3 aliphatic rings. The van der Waals surface area contributed by atoms with Crippen molar-refractivity contribution >= 4 is 18.0 Å². The Bertz CT molecular complexity index is 992. The predicted octanol–water partition coefficient (Wildman–Crippen LogP) is 2.16. The molecule has 2 amide bonds. The number of hydrogen-bond donors (Lipinski definition) is 2. The zero-order valence-electron chi connectivity index (χ0n) is 19.0. The number of carbonyl (C=O) groups excluding carboxylic acids is 2. The summed E-state index contributed by atoms with van der Waals surface area (Å²) in [6.45, 7) is 7.29. The number of amides is 2. The van der Waals surface area contributed by atoms with Crippen LogP contribution in [0.3, 0.4) is 0 Å². The van der Waals surface area contributed by atoms with Crippen LogP contribution in [-0.4, -0.2) is 76.8 Å². The Balaban J connectivity index is 1.56. The molecule has 9 nitrogen and oxygen atoms in total. The molecule has 0 unspecified atom stereocenters. The summed E-state index contributed by atoms with van der Waals surface area (Å²) in [5, 5.41) is 16.7. The fourth-order valence-electron chi connectivity index (χ4n) is 4.38. The van der Waals surface area contributed by atoms with Gasteiger partial charge in [-0.15, -0.1) is 0 Å². The maximum absolute atomic E-state index is 13.4. The number of nitrogens with one attached hydrogen (secondary N) is 1. The van der Waals surface area contributed by atoms with Crippen molar-refractivity contribution in [2.75, 3.05) is 33.2 Å². The Labute approximate surface area is 187 Å². The van der Waals surface area contributed by atoms with Gasteiger partial charge in [0.2, 0.25) is 0 Å².